The summed E-state index contributed by atoms with van der Waals surface area (Å²) in [4.78, 5) is 38.0. The van der Waals surface area contributed by atoms with Crippen molar-refractivity contribution in [3.05, 3.63) is 54.0 Å². The van der Waals surface area contributed by atoms with Gasteiger partial charge in [-0.2, -0.15) is 5.10 Å². The number of nitrogens with zero attached hydrogens (tertiary/aromatic N) is 6. The molecule has 1 aliphatic heterocycles. The molecule has 3 N–H and O–H groups in total. The number of hydrogen-bond acceptors (Lipinski definition) is 7. The van der Waals surface area contributed by atoms with E-state index in [1.165, 1.54) is 0 Å². The summed E-state index contributed by atoms with van der Waals surface area (Å²) in [5, 5.41) is 7.10. The first-order chi connectivity index (χ1) is 16.3. The third kappa shape index (κ3) is 5.23. The number of nitrogens with two attached hydrogens (primary N) is 1. The molecule has 0 radical (unpaired) electrons. The van der Waals surface area contributed by atoms with E-state index >= 15 is 0 Å². The minimum absolute atomic E-state index is 0.0721. The number of aryl methyl sites for hydroxylation is 1. The summed E-state index contributed by atoms with van der Waals surface area (Å²) in [6, 6.07) is 8.87. The normalized spacial score (nSPS) is 16.3. The van der Waals surface area contributed by atoms with Crippen molar-refractivity contribution in [1.82, 2.24) is 24.6 Å². The monoisotopic (exact) mass is 462 g/mol. The van der Waals surface area contributed by atoms with Crippen LogP contribution in [0, 0.1) is 0 Å². The first-order valence-electron chi connectivity index (χ1n) is 11.3. The molecule has 1 unspecified atom stereocenters. The Morgan fingerprint density at radius 3 is 2.76 bits per heavy atom. The van der Waals surface area contributed by atoms with Crippen LogP contribution in [0.2, 0.25) is 0 Å². The molecule has 178 valence electrons. The van der Waals surface area contributed by atoms with Gasteiger partial charge in [-0.25, -0.2) is 9.97 Å². The predicted molar refractivity (Wildman–Crippen MR) is 130 cm³/mol. The minimum atomic E-state index is -0.486. The average Bonchev–Trinajstić information content (AvgIpc) is 3.23. The topological polar surface area (TPSA) is 122 Å². The Hall–Kier alpha value is -3.79. The molecular weight excluding hydrogens is 432 g/mol. The summed E-state index contributed by atoms with van der Waals surface area (Å²) in [6.07, 6.45) is 6.48. The third-order valence-electron chi connectivity index (χ3n) is 5.92. The molecule has 1 aromatic carbocycles. The van der Waals surface area contributed by atoms with Gasteiger partial charge in [0.1, 0.15) is 0 Å². The van der Waals surface area contributed by atoms with Crippen LogP contribution in [-0.2, 0) is 11.8 Å². The van der Waals surface area contributed by atoms with Crippen LogP contribution < -0.4 is 16.0 Å². The second-order valence-electron chi connectivity index (χ2n) is 8.71. The summed E-state index contributed by atoms with van der Waals surface area (Å²) in [5.74, 6) is 0.514. The molecule has 3 heterocycles. The number of primary amides is 1. The standard InChI is InChI=1S/C24H30N8O2/c1-30(2)24-26-14-18(16-7-6-8-17(13-16)23(25)34)22(28-24)19-9-4-5-11-32(19)15-21(33)27-20-10-12-31(3)29-20/h6-8,10,12-14,19H,4-5,9,11,15H2,1-3H3,(H2,25,34)(H,27,29,33). The Balaban J connectivity index is 1.68. The van der Waals surface area contributed by atoms with Crippen LogP contribution in [0.15, 0.2) is 42.7 Å². The van der Waals surface area contributed by atoms with Crippen LogP contribution >= 0.6 is 0 Å². The molecule has 0 saturated carbocycles. The van der Waals surface area contributed by atoms with Crippen LogP contribution in [0.4, 0.5) is 11.8 Å². The van der Waals surface area contributed by atoms with Gasteiger partial charge in [-0.15, -0.1) is 0 Å². The third-order valence-corrected chi connectivity index (χ3v) is 5.92. The lowest BCUT2D eigenvalue weighted by Crippen LogP contribution is -2.40. The summed E-state index contributed by atoms with van der Waals surface area (Å²) < 4.78 is 1.65. The smallest absolute Gasteiger partial charge is 0.248 e. The van der Waals surface area contributed by atoms with E-state index in [-0.39, 0.29) is 18.5 Å². The van der Waals surface area contributed by atoms with Crippen LogP contribution in [0.3, 0.4) is 0 Å². The molecule has 34 heavy (non-hydrogen) atoms. The highest BCUT2D eigenvalue weighted by atomic mass is 16.2. The van der Waals surface area contributed by atoms with Crippen molar-refractivity contribution in [3.63, 3.8) is 0 Å². The summed E-state index contributed by atoms with van der Waals surface area (Å²) >= 11 is 0. The van der Waals surface area contributed by atoms with Crippen LogP contribution in [0.5, 0.6) is 0 Å². The number of amides is 2. The van der Waals surface area contributed by atoms with Gasteiger partial charge in [0, 0.05) is 50.7 Å². The quantitative estimate of drug-likeness (QED) is 0.552. The molecule has 3 aromatic rings. The lowest BCUT2D eigenvalue weighted by molar-refractivity contribution is -0.118. The maximum absolute atomic E-state index is 12.8. The molecule has 10 heteroatoms. The van der Waals surface area contributed by atoms with Gasteiger partial charge in [0.2, 0.25) is 17.8 Å². The van der Waals surface area contributed by atoms with E-state index in [0.29, 0.717) is 17.3 Å². The van der Waals surface area contributed by atoms with Crippen molar-refractivity contribution in [2.45, 2.75) is 25.3 Å². The molecular formula is C24H30N8O2. The Bertz CT molecular complexity index is 1190. The van der Waals surface area contributed by atoms with Crippen LogP contribution in [-0.4, -0.2) is 63.6 Å². The first-order valence-corrected chi connectivity index (χ1v) is 11.3. The van der Waals surface area contributed by atoms with Gasteiger partial charge < -0.3 is 16.0 Å². The van der Waals surface area contributed by atoms with E-state index in [1.807, 2.05) is 32.1 Å². The molecule has 1 fully saturated rings. The van der Waals surface area contributed by atoms with Gasteiger partial charge >= 0.3 is 0 Å². The number of benzene rings is 1. The number of carbonyl (C=O) groups excluding carboxylic acids is 2. The second-order valence-corrected chi connectivity index (χ2v) is 8.71. The highest BCUT2D eigenvalue weighted by Gasteiger charge is 2.30. The van der Waals surface area contributed by atoms with Crippen molar-refractivity contribution in [3.8, 4) is 11.1 Å². The highest BCUT2D eigenvalue weighted by molar-refractivity contribution is 5.94. The number of carbonyl (C=O) groups is 2. The fraction of sp³-hybridized carbons (Fsp3) is 0.375. The lowest BCUT2D eigenvalue weighted by atomic mass is 9.93. The van der Waals surface area contributed by atoms with E-state index in [2.05, 4.69) is 20.3 Å². The number of anilines is 2. The van der Waals surface area contributed by atoms with Gasteiger partial charge in [0.15, 0.2) is 5.82 Å². The van der Waals surface area contributed by atoms with Crippen molar-refractivity contribution in [1.29, 1.82) is 0 Å². The molecule has 1 atom stereocenters. The zero-order valence-electron chi connectivity index (χ0n) is 19.7. The lowest BCUT2D eigenvalue weighted by Gasteiger charge is -2.36. The second kappa shape index (κ2) is 10.0. The average molecular weight is 463 g/mol. The Morgan fingerprint density at radius 1 is 1.24 bits per heavy atom. The Labute approximate surface area is 198 Å². The van der Waals surface area contributed by atoms with Crippen molar-refractivity contribution in [2.24, 2.45) is 12.8 Å². The predicted octanol–water partition coefficient (Wildman–Crippen LogP) is 2.21. The van der Waals surface area contributed by atoms with E-state index in [9.17, 15) is 9.59 Å². The zero-order valence-corrected chi connectivity index (χ0v) is 19.7. The fourth-order valence-corrected chi connectivity index (χ4v) is 4.26. The van der Waals surface area contributed by atoms with E-state index in [1.54, 1.807) is 41.3 Å². The molecule has 4 rings (SSSR count). The number of aromatic nitrogens is 4. The van der Waals surface area contributed by atoms with Crippen LogP contribution in [0.25, 0.3) is 11.1 Å². The van der Waals surface area contributed by atoms with Gasteiger partial charge in [-0.1, -0.05) is 18.6 Å². The Morgan fingerprint density at radius 2 is 2.06 bits per heavy atom. The molecule has 2 aromatic heterocycles. The molecule has 0 aliphatic carbocycles. The largest absolute Gasteiger partial charge is 0.366 e. The van der Waals surface area contributed by atoms with Crippen molar-refractivity contribution >= 4 is 23.6 Å². The summed E-state index contributed by atoms with van der Waals surface area (Å²) in [7, 11) is 5.60. The van der Waals surface area contributed by atoms with Crippen molar-refractivity contribution < 1.29 is 9.59 Å². The minimum Gasteiger partial charge on any atom is -0.366 e. The molecule has 10 nitrogen and oxygen atoms in total. The van der Waals surface area contributed by atoms with Crippen molar-refractivity contribution in [2.75, 3.05) is 37.4 Å². The van der Waals surface area contributed by atoms with Gasteiger partial charge in [-0.05, 0) is 37.1 Å². The summed E-state index contributed by atoms with van der Waals surface area (Å²) in [6.45, 7) is 1.01. The van der Waals surface area contributed by atoms with E-state index in [4.69, 9.17) is 10.7 Å². The maximum Gasteiger partial charge on any atom is 0.248 e. The zero-order chi connectivity index (χ0) is 24.2. The van der Waals surface area contributed by atoms with Gasteiger partial charge in [0.25, 0.3) is 0 Å². The number of likely N-dealkylation sites (tertiary alicyclic amines) is 1. The maximum atomic E-state index is 12.8. The SMILES string of the molecule is CN(C)c1ncc(-c2cccc(C(N)=O)c2)c(C2CCCCN2CC(=O)Nc2ccn(C)n2)n1. The van der Waals surface area contributed by atoms with E-state index in [0.717, 1.165) is 42.6 Å². The fourth-order valence-electron chi connectivity index (χ4n) is 4.26. The summed E-state index contributed by atoms with van der Waals surface area (Å²) in [5.41, 5.74) is 8.42. The Kier molecular flexibility index (Phi) is 6.87. The van der Waals surface area contributed by atoms with Gasteiger partial charge in [-0.3, -0.25) is 19.2 Å². The van der Waals surface area contributed by atoms with E-state index < -0.39 is 5.91 Å². The molecule has 2 amide bonds. The number of rotatable bonds is 7. The molecule has 0 bridgehead atoms. The first kappa shape index (κ1) is 23.4. The number of piperidine rings is 1. The van der Waals surface area contributed by atoms with Gasteiger partial charge in [0.05, 0.1) is 18.3 Å². The molecule has 1 saturated heterocycles. The molecule has 0 spiro atoms. The number of nitrogens with one attached hydrogen (secondary N) is 1. The highest BCUT2D eigenvalue weighted by Crippen LogP contribution is 2.36. The molecule has 1 aliphatic rings. The number of hydrogen-bond donors (Lipinski definition) is 2. The van der Waals surface area contributed by atoms with Crippen LogP contribution in [0.1, 0.15) is 41.4 Å².